The van der Waals surface area contributed by atoms with Gasteiger partial charge in [0.15, 0.2) is 0 Å². The second kappa shape index (κ2) is 13.2. The number of anilines is 1. The number of hydrogen-bond acceptors (Lipinski definition) is 2. The van der Waals surface area contributed by atoms with Crippen LogP contribution in [0.1, 0.15) is 56.9 Å². The van der Waals surface area contributed by atoms with E-state index in [1.165, 1.54) is 62.6 Å². The van der Waals surface area contributed by atoms with E-state index in [-0.39, 0.29) is 0 Å². The Labute approximate surface area is 166 Å². The normalized spacial score (nSPS) is 11.4. The molecule has 2 rings (SSSR count). The van der Waals surface area contributed by atoms with Gasteiger partial charge in [-0.2, -0.15) is 0 Å². The van der Waals surface area contributed by atoms with Gasteiger partial charge in [-0.3, -0.25) is 0 Å². The van der Waals surface area contributed by atoms with Gasteiger partial charge >= 0.3 is 0 Å². The number of nitrogens with zero attached hydrogens (tertiary/aromatic N) is 2. The van der Waals surface area contributed by atoms with E-state index in [0.717, 1.165) is 6.54 Å². The standard InChI is InChI=1S/C25H36N2/c1-26(2)27(25-21-15-11-16-22-25)23-17-9-7-5-3-4-6-8-12-18-24-19-13-10-14-20-24/h10-16,18-22H,3-9,17,23H2,1-2H3. The summed E-state index contributed by atoms with van der Waals surface area (Å²) in [4.78, 5) is 0. The van der Waals surface area contributed by atoms with E-state index < -0.39 is 0 Å². The molecule has 2 nitrogen and oxygen atoms in total. The van der Waals surface area contributed by atoms with Gasteiger partial charge in [0.05, 0.1) is 5.69 Å². The van der Waals surface area contributed by atoms with Gasteiger partial charge in [-0.1, -0.05) is 92.8 Å². The fraction of sp³-hybridized carbons (Fsp3) is 0.440. The Hall–Kier alpha value is -2.06. The van der Waals surface area contributed by atoms with Gasteiger partial charge in [0.1, 0.15) is 0 Å². The third kappa shape index (κ3) is 8.92. The number of hydrazine groups is 1. The van der Waals surface area contributed by atoms with E-state index in [2.05, 4.69) is 96.9 Å². The first-order valence-electron chi connectivity index (χ1n) is 10.5. The highest BCUT2D eigenvalue weighted by Gasteiger charge is 2.07. The maximum atomic E-state index is 2.36. The van der Waals surface area contributed by atoms with Crippen LogP contribution in [0.3, 0.4) is 0 Å². The lowest BCUT2D eigenvalue weighted by atomic mass is 10.1. The van der Waals surface area contributed by atoms with Crippen molar-refractivity contribution >= 4 is 11.8 Å². The smallest absolute Gasteiger partial charge is 0.0521 e. The number of unbranched alkanes of at least 4 members (excludes halogenated alkanes) is 7. The molecule has 0 heterocycles. The van der Waals surface area contributed by atoms with Crippen molar-refractivity contribution in [2.24, 2.45) is 0 Å². The molecule has 2 aromatic rings. The fourth-order valence-corrected chi connectivity index (χ4v) is 3.35. The van der Waals surface area contributed by atoms with E-state index in [0.29, 0.717) is 0 Å². The number of rotatable bonds is 13. The molecular formula is C25H36N2. The molecule has 0 bridgehead atoms. The third-order valence-electron chi connectivity index (χ3n) is 4.89. The molecule has 2 aromatic carbocycles. The van der Waals surface area contributed by atoms with Crippen LogP contribution in [0.4, 0.5) is 5.69 Å². The summed E-state index contributed by atoms with van der Waals surface area (Å²) >= 11 is 0. The maximum Gasteiger partial charge on any atom is 0.0521 e. The van der Waals surface area contributed by atoms with Crippen molar-refractivity contribution in [1.29, 1.82) is 0 Å². The van der Waals surface area contributed by atoms with Crippen molar-refractivity contribution in [3.05, 3.63) is 72.3 Å². The van der Waals surface area contributed by atoms with Crippen LogP contribution in [-0.2, 0) is 0 Å². The highest BCUT2D eigenvalue weighted by Crippen LogP contribution is 2.16. The largest absolute Gasteiger partial charge is 0.306 e. The van der Waals surface area contributed by atoms with Crippen molar-refractivity contribution in [2.75, 3.05) is 25.6 Å². The average Bonchev–Trinajstić information content (AvgIpc) is 2.70. The van der Waals surface area contributed by atoms with Gasteiger partial charge in [-0.05, 0) is 37.0 Å². The van der Waals surface area contributed by atoms with Crippen molar-refractivity contribution in [3.63, 3.8) is 0 Å². The van der Waals surface area contributed by atoms with Gasteiger partial charge in [0.2, 0.25) is 0 Å². The van der Waals surface area contributed by atoms with Crippen molar-refractivity contribution < 1.29 is 0 Å². The summed E-state index contributed by atoms with van der Waals surface area (Å²) in [5, 5.41) is 4.55. The van der Waals surface area contributed by atoms with E-state index >= 15 is 0 Å². The predicted molar refractivity (Wildman–Crippen MR) is 120 cm³/mol. The predicted octanol–water partition coefficient (Wildman–Crippen LogP) is 6.80. The van der Waals surface area contributed by atoms with Gasteiger partial charge < -0.3 is 5.01 Å². The zero-order valence-electron chi connectivity index (χ0n) is 17.2. The Balaban J connectivity index is 1.48. The molecule has 0 aromatic heterocycles. The first-order chi connectivity index (χ1) is 13.3. The van der Waals surface area contributed by atoms with Crippen LogP contribution < -0.4 is 5.01 Å². The molecule has 0 N–H and O–H groups in total. The average molecular weight is 365 g/mol. The molecule has 0 atom stereocenters. The van der Waals surface area contributed by atoms with Gasteiger partial charge in [-0.25, -0.2) is 5.01 Å². The van der Waals surface area contributed by atoms with Crippen LogP contribution in [0, 0.1) is 0 Å². The number of para-hydroxylation sites is 1. The van der Waals surface area contributed by atoms with Gasteiger partial charge in [0, 0.05) is 20.6 Å². The molecule has 0 aliphatic carbocycles. The molecule has 0 radical (unpaired) electrons. The van der Waals surface area contributed by atoms with E-state index in [9.17, 15) is 0 Å². The maximum absolute atomic E-state index is 2.36. The Morgan fingerprint density at radius 3 is 1.85 bits per heavy atom. The second-order valence-corrected chi connectivity index (χ2v) is 7.38. The highest BCUT2D eigenvalue weighted by molar-refractivity contribution is 5.48. The van der Waals surface area contributed by atoms with Crippen molar-refractivity contribution in [1.82, 2.24) is 5.01 Å². The number of benzene rings is 2. The van der Waals surface area contributed by atoms with Crippen molar-refractivity contribution in [2.45, 2.75) is 51.4 Å². The Bertz CT molecular complexity index is 619. The molecular weight excluding hydrogens is 328 g/mol. The minimum atomic E-state index is 1.10. The van der Waals surface area contributed by atoms with Gasteiger partial charge in [-0.15, -0.1) is 0 Å². The van der Waals surface area contributed by atoms with Crippen LogP contribution in [0.25, 0.3) is 6.08 Å². The number of allylic oxidation sites excluding steroid dienone is 1. The molecule has 0 unspecified atom stereocenters. The fourth-order valence-electron chi connectivity index (χ4n) is 3.35. The molecule has 0 spiro atoms. The Morgan fingerprint density at radius 2 is 1.22 bits per heavy atom. The molecule has 27 heavy (non-hydrogen) atoms. The lowest BCUT2D eigenvalue weighted by molar-refractivity contribution is 0.363. The summed E-state index contributed by atoms with van der Waals surface area (Å²) in [7, 11) is 4.25. The van der Waals surface area contributed by atoms with Crippen LogP contribution in [0.5, 0.6) is 0 Å². The minimum Gasteiger partial charge on any atom is -0.306 e. The quantitative estimate of drug-likeness (QED) is 0.285. The Kier molecular flexibility index (Phi) is 10.4. The molecule has 0 fully saturated rings. The summed E-state index contributed by atoms with van der Waals surface area (Å²) in [6.07, 6.45) is 15.1. The Morgan fingerprint density at radius 1 is 0.667 bits per heavy atom. The van der Waals surface area contributed by atoms with Crippen LogP contribution in [0.2, 0.25) is 0 Å². The summed E-state index contributed by atoms with van der Waals surface area (Å²) in [6.45, 7) is 1.10. The van der Waals surface area contributed by atoms with Crippen LogP contribution in [-0.4, -0.2) is 25.6 Å². The molecule has 0 saturated carbocycles. The summed E-state index contributed by atoms with van der Waals surface area (Å²) < 4.78 is 0. The molecule has 2 heteroatoms. The van der Waals surface area contributed by atoms with Crippen molar-refractivity contribution in [3.8, 4) is 0 Å². The monoisotopic (exact) mass is 364 g/mol. The summed E-state index contributed by atoms with van der Waals surface area (Å²) in [5.41, 5.74) is 2.59. The SMILES string of the molecule is CN(C)N(CCCCCCCCCC=Cc1ccccc1)c1ccccc1. The lowest BCUT2D eigenvalue weighted by Crippen LogP contribution is -2.37. The second-order valence-electron chi connectivity index (χ2n) is 7.38. The van der Waals surface area contributed by atoms with Gasteiger partial charge in [0.25, 0.3) is 0 Å². The molecule has 0 amide bonds. The van der Waals surface area contributed by atoms with E-state index in [4.69, 9.17) is 0 Å². The van der Waals surface area contributed by atoms with Crippen LogP contribution >= 0.6 is 0 Å². The molecule has 0 saturated heterocycles. The highest BCUT2D eigenvalue weighted by atomic mass is 15.6. The number of hydrogen-bond donors (Lipinski definition) is 0. The first kappa shape index (κ1) is 21.2. The summed E-state index contributed by atoms with van der Waals surface area (Å²) in [5.74, 6) is 0. The lowest BCUT2D eigenvalue weighted by Gasteiger charge is -2.31. The van der Waals surface area contributed by atoms with E-state index in [1.807, 2.05) is 0 Å². The zero-order chi connectivity index (χ0) is 19.2. The first-order valence-corrected chi connectivity index (χ1v) is 10.5. The van der Waals surface area contributed by atoms with E-state index in [1.54, 1.807) is 0 Å². The summed E-state index contributed by atoms with van der Waals surface area (Å²) in [6, 6.07) is 21.2. The molecule has 0 aliphatic rings. The zero-order valence-corrected chi connectivity index (χ0v) is 17.2. The third-order valence-corrected chi connectivity index (χ3v) is 4.89. The molecule has 146 valence electrons. The minimum absolute atomic E-state index is 1.10. The topological polar surface area (TPSA) is 6.48 Å². The molecule has 0 aliphatic heterocycles. The van der Waals surface area contributed by atoms with Crippen LogP contribution in [0.15, 0.2) is 66.7 Å².